The van der Waals surface area contributed by atoms with Crippen molar-refractivity contribution in [3.63, 3.8) is 0 Å². The van der Waals surface area contributed by atoms with E-state index in [9.17, 15) is 9.59 Å². The number of benzene rings is 2. The molecule has 0 bridgehead atoms. The van der Waals surface area contributed by atoms with Crippen molar-refractivity contribution in [1.29, 1.82) is 0 Å². The first-order valence-electron chi connectivity index (χ1n) is 7.26. The fourth-order valence-electron chi connectivity index (χ4n) is 2.68. The van der Waals surface area contributed by atoms with Crippen LogP contribution in [0.2, 0.25) is 0 Å². The summed E-state index contributed by atoms with van der Waals surface area (Å²) in [5.41, 5.74) is 3.92. The standard InChI is InChI=1S/C9H9BrN2O.C8H6BrNO/c1-11-7-4-3-6(10)5-8(7)12(2)9(11)13;9-6-1-2-7-5(3-6)4-8(11)10-7/h3-5H,1-2H3;1-3H,4H2,(H,10,11). The maximum Gasteiger partial charge on any atom is 0.328 e. The number of anilines is 1. The molecule has 1 aromatic heterocycles. The Hall–Kier alpha value is -1.86. The third kappa shape index (κ3) is 3.18. The van der Waals surface area contributed by atoms with Crippen LogP contribution in [0.5, 0.6) is 0 Å². The molecule has 2 aromatic carbocycles. The number of hydrogen-bond acceptors (Lipinski definition) is 2. The molecule has 7 heteroatoms. The molecule has 2 heterocycles. The quantitative estimate of drug-likeness (QED) is 0.566. The Balaban J connectivity index is 0.000000143. The number of rotatable bonds is 0. The largest absolute Gasteiger partial charge is 0.328 e. The van der Waals surface area contributed by atoms with Gasteiger partial charge in [-0.2, -0.15) is 0 Å². The minimum Gasteiger partial charge on any atom is -0.326 e. The Kier molecular flexibility index (Phi) is 4.64. The summed E-state index contributed by atoms with van der Waals surface area (Å²) in [6.07, 6.45) is 0.509. The van der Waals surface area contributed by atoms with Crippen molar-refractivity contribution in [3.05, 3.63) is 61.4 Å². The number of nitrogens with zero attached hydrogens (tertiary/aromatic N) is 2. The average Bonchev–Trinajstić information content (AvgIpc) is 3.01. The lowest BCUT2D eigenvalue weighted by Gasteiger charge is -1.96. The molecule has 0 fully saturated rings. The van der Waals surface area contributed by atoms with Crippen molar-refractivity contribution in [2.45, 2.75) is 6.42 Å². The second-order valence-electron chi connectivity index (χ2n) is 5.56. The van der Waals surface area contributed by atoms with E-state index in [2.05, 4.69) is 37.2 Å². The summed E-state index contributed by atoms with van der Waals surface area (Å²) in [5, 5.41) is 2.76. The predicted molar refractivity (Wildman–Crippen MR) is 102 cm³/mol. The normalized spacial score (nSPS) is 12.6. The molecule has 0 saturated carbocycles. The second-order valence-corrected chi connectivity index (χ2v) is 7.39. The van der Waals surface area contributed by atoms with Crippen molar-refractivity contribution in [2.24, 2.45) is 14.1 Å². The molecule has 0 unspecified atom stereocenters. The molecule has 1 aliphatic rings. The lowest BCUT2D eigenvalue weighted by Crippen LogP contribution is -2.19. The lowest BCUT2D eigenvalue weighted by molar-refractivity contribution is -0.115. The van der Waals surface area contributed by atoms with Gasteiger partial charge in [0.2, 0.25) is 5.91 Å². The van der Waals surface area contributed by atoms with Crippen LogP contribution in [0.15, 0.2) is 50.1 Å². The van der Waals surface area contributed by atoms with Gasteiger partial charge < -0.3 is 5.32 Å². The number of fused-ring (bicyclic) bond motifs is 2. The van der Waals surface area contributed by atoms with E-state index in [4.69, 9.17) is 0 Å². The SMILES string of the molecule is Cn1c(=O)n(C)c2cc(Br)ccc21.O=C1Cc2cc(Br)ccc2N1. The molecular formula is C17H15Br2N3O2. The van der Waals surface area contributed by atoms with Gasteiger partial charge in [0.1, 0.15) is 0 Å². The number of amides is 1. The van der Waals surface area contributed by atoms with Crippen LogP contribution in [0, 0.1) is 0 Å². The van der Waals surface area contributed by atoms with E-state index < -0.39 is 0 Å². The maximum absolute atomic E-state index is 11.5. The number of aromatic nitrogens is 2. The monoisotopic (exact) mass is 451 g/mol. The fourth-order valence-corrected chi connectivity index (χ4v) is 3.44. The molecular weight excluding hydrogens is 438 g/mol. The minimum atomic E-state index is 0.00750. The van der Waals surface area contributed by atoms with Crippen molar-refractivity contribution in [2.75, 3.05) is 5.32 Å². The highest BCUT2D eigenvalue weighted by Gasteiger charge is 2.16. The van der Waals surface area contributed by atoms with Gasteiger partial charge in [0.25, 0.3) is 0 Å². The highest BCUT2D eigenvalue weighted by molar-refractivity contribution is 9.10. The van der Waals surface area contributed by atoms with Crippen LogP contribution in [-0.4, -0.2) is 15.0 Å². The molecule has 3 aromatic rings. The van der Waals surface area contributed by atoms with Gasteiger partial charge in [-0.1, -0.05) is 31.9 Å². The summed E-state index contributed by atoms with van der Waals surface area (Å²) in [6, 6.07) is 11.6. The molecule has 0 radical (unpaired) electrons. The van der Waals surface area contributed by atoms with Crippen LogP contribution >= 0.6 is 31.9 Å². The number of aryl methyl sites for hydroxylation is 2. The molecule has 1 N–H and O–H groups in total. The molecule has 24 heavy (non-hydrogen) atoms. The number of halogens is 2. The molecule has 0 atom stereocenters. The molecule has 1 aliphatic heterocycles. The Morgan fingerprint density at radius 3 is 2.29 bits per heavy atom. The Bertz CT molecular complexity index is 1000. The molecule has 5 nitrogen and oxygen atoms in total. The summed E-state index contributed by atoms with van der Waals surface area (Å²) >= 11 is 6.72. The summed E-state index contributed by atoms with van der Waals surface area (Å²) < 4.78 is 5.29. The van der Waals surface area contributed by atoms with E-state index in [1.165, 1.54) is 0 Å². The zero-order valence-corrected chi connectivity index (χ0v) is 16.3. The van der Waals surface area contributed by atoms with Crippen LogP contribution in [-0.2, 0) is 25.3 Å². The Morgan fingerprint density at radius 1 is 0.917 bits per heavy atom. The lowest BCUT2D eigenvalue weighted by atomic mass is 10.2. The van der Waals surface area contributed by atoms with Crippen molar-refractivity contribution in [3.8, 4) is 0 Å². The summed E-state index contributed by atoms with van der Waals surface area (Å²) in [6.45, 7) is 0. The molecule has 124 valence electrons. The minimum absolute atomic E-state index is 0.00750. The van der Waals surface area contributed by atoms with Gasteiger partial charge in [-0.25, -0.2) is 4.79 Å². The van der Waals surface area contributed by atoms with E-state index in [-0.39, 0.29) is 11.6 Å². The van der Waals surface area contributed by atoms with Gasteiger partial charge in [0, 0.05) is 28.7 Å². The zero-order valence-electron chi connectivity index (χ0n) is 13.1. The number of carbonyl (C=O) groups excluding carboxylic acids is 1. The highest BCUT2D eigenvalue weighted by Crippen LogP contribution is 2.25. The van der Waals surface area contributed by atoms with Gasteiger partial charge in [-0.05, 0) is 42.0 Å². The first-order valence-corrected chi connectivity index (χ1v) is 8.84. The predicted octanol–water partition coefficient (Wildman–Crippen LogP) is 3.58. The third-order valence-corrected chi connectivity index (χ3v) is 4.91. The molecule has 0 saturated heterocycles. The summed E-state index contributed by atoms with van der Waals surface area (Å²) in [5.74, 6) is 0.0816. The number of nitrogens with one attached hydrogen (secondary N) is 1. The van der Waals surface area contributed by atoms with E-state index >= 15 is 0 Å². The Morgan fingerprint density at radius 2 is 1.54 bits per heavy atom. The van der Waals surface area contributed by atoms with Gasteiger partial charge in [0.15, 0.2) is 0 Å². The van der Waals surface area contributed by atoms with Crippen molar-refractivity contribution < 1.29 is 4.79 Å². The van der Waals surface area contributed by atoms with E-state index in [0.717, 1.165) is 31.2 Å². The molecule has 0 spiro atoms. The Labute approximate surface area is 155 Å². The van der Waals surface area contributed by atoms with Gasteiger partial charge in [0.05, 0.1) is 17.5 Å². The number of carbonyl (C=O) groups is 1. The summed E-state index contributed by atoms with van der Waals surface area (Å²) in [7, 11) is 3.55. The average molecular weight is 453 g/mol. The van der Waals surface area contributed by atoms with E-state index in [1.807, 2.05) is 36.4 Å². The van der Waals surface area contributed by atoms with Crippen LogP contribution in [0.1, 0.15) is 5.56 Å². The molecule has 1 amide bonds. The second kappa shape index (κ2) is 6.57. The first-order chi connectivity index (χ1) is 11.4. The van der Waals surface area contributed by atoms with E-state index in [1.54, 1.807) is 23.2 Å². The van der Waals surface area contributed by atoms with Crippen molar-refractivity contribution >= 4 is 54.5 Å². The highest BCUT2D eigenvalue weighted by atomic mass is 79.9. The molecule has 4 rings (SSSR count). The van der Waals surface area contributed by atoms with Gasteiger partial charge in [-0.3, -0.25) is 13.9 Å². The number of hydrogen-bond donors (Lipinski definition) is 1. The zero-order chi connectivity index (χ0) is 17.4. The maximum atomic E-state index is 11.5. The smallest absolute Gasteiger partial charge is 0.326 e. The van der Waals surface area contributed by atoms with E-state index in [0.29, 0.717) is 6.42 Å². The van der Waals surface area contributed by atoms with Gasteiger partial charge >= 0.3 is 5.69 Å². The van der Waals surface area contributed by atoms with Crippen molar-refractivity contribution in [1.82, 2.24) is 9.13 Å². The fraction of sp³-hybridized carbons (Fsp3) is 0.176. The topological polar surface area (TPSA) is 56.0 Å². The van der Waals surface area contributed by atoms with Crippen LogP contribution in [0.25, 0.3) is 11.0 Å². The third-order valence-electron chi connectivity index (χ3n) is 3.93. The number of imidazole rings is 1. The van der Waals surface area contributed by atoms with Gasteiger partial charge in [-0.15, -0.1) is 0 Å². The first kappa shape index (κ1) is 17.0. The molecule has 0 aliphatic carbocycles. The van der Waals surface area contributed by atoms with Crippen LogP contribution < -0.4 is 11.0 Å². The summed E-state index contributed by atoms with van der Waals surface area (Å²) in [4.78, 5) is 22.4. The van der Waals surface area contributed by atoms with Crippen LogP contribution in [0.3, 0.4) is 0 Å². The van der Waals surface area contributed by atoms with Crippen LogP contribution in [0.4, 0.5) is 5.69 Å².